The van der Waals surface area contributed by atoms with E-state index < -0.39 is 12.3 Å². The van der Waals surface area contributed by atoms with E-state index in [1.165, 1.54) is 20.4 Å². The van der Waals surface area contributed by atoms with Gasteiger partial charge in [-0.2, -0.15) is 4.98 Å². The van der Waals surface area contributed by atoms with Gasteiger partial charge in [-0.15, -0.1) is 10.2 Å². The number of alkyl halides is 2. The second-order valence-electron chi connectivity index (χ2n) is 5.10. The van der Waals surface area contributed by atoms with E-state index in [9.17, 15) is 8.78 Å². The maximum absolute atomic E-state index is 12.8. The molecule has 0 bridgehead atoms. The van der Waals surface area contributed by atoms with Crippen LogP contribution >= 0.6 is 11.6 Å². The summed E-state index contributed by atoms with van der Waals surface area (Å²) in [6.07, 6.45) is -0.505. The highest BCUT2D eigenvalue weighted by Crippen LogP contribution is 2.52. The normalized spacial score (nSPS) is 19.7. The van der Waals surface area contributed by atoms with E-state index in [1.54, 1.807) is 6.07 Å². The minimum absolute atomic E-state index is 0.135. The number of ether oxygens (including phenoxy) is 2. The van der Waals surface area contributed by atoms with Crippen molar-refractivity contribution >= 4 is 11.6 Å². The van der Waals surface area contributed by atoms with Gasteiger partial charge in [0.15, 0.2) is 5.15 Å². The molecule has 2 atom stereocenters. The Balaban J connectivity index is 1.98. The Kier molecular flexibility index (Phi) is 4.25. The molecule has 2 aromatic heterocycles. The molecular formula is C14H13ClF2N4O2. The van der Waals surface area contributed by atoms with Crippen LogP contribution < -0.4 is 9.47 Å². The van der Waals surface area contributed by atoms with Crippen LogP contribution in [0.3, 0.4) is 0 Å². The molecule has 0 N–H and O–H groups in total. The Hall–Kier alpha value is -2.09. The number of nitrogens with zero attached hydrogens (tertiary/aromatic N) is 4. The van der Waals surface area contributed by atoms with Crippen molar-refractivity contribution in [3.63, 3.8) is 0 Å². The molecule has 0 unspecified atom stereocenters. The van der Waals surface area contributed by atoms with Crippen LogP contribution in [0.15, 0.2) is 12.3 Å². The van der Waals surface area contributed by atoms with Crippen molar-refractivity contribution in [2.75, 3.05) is 14.2 Å². The van der Waals surface area contributed by atoms with Crippen LogP contribution in [0.25, 0.3) is 11.3 Å². The Labute approximate surface area is 135 Å². The van der Waals surface area contributed by atoms with E-state index in [2.05, 4.69) is 20.2 Å². The molecule has 1 fully saturated rings. The van der Waals surface area contributed by atoms with E-state index >= 15 is 0 Å². The van der Waals surface area contributed by atoms with Crippen LogP contribution in [-0.4, -0.2) is 40.8 Å². The summed E-state index contributed by atoms with van der Waals surface area (Å²) in [7, 11) is 2.88. The highest BCUT2D eigenvalue weighted by Gasteiger charge is 2.46. The molecule has 0 radical (unpaired) electrons. The van der Waals surface area contributed by atoms with Crippen molar-refractivity contribution < 1.29 is 18.3 Å². The molecule has 23 heavy (non-hydrogen) atoms. The van der Waals surface area contributed by atoms with Gasteiger partial charge in [0.25, 0.3) is 0 Å². The van der Waals surface area contributed by atoms with E-state index in [4.69, 9.17) is 21.1 Å². The third kappa shape index (κ3) is 3.03. The standard InChI is InChI=1S/C14H13ClF2N4O2/c1-22-13-9(5-18-14(19-13)23-2)10-4-7(11(15)21-20-10)6-3-8(6)12(16)17/h4-6,8,12H,3H2,1-2H3/t6-,8+/m0/s1. The average Bonchev–Trinajstić information content (AvgIpc) is 3.35. The first kappa shape index (κ1) is 15.8. The minimum atomic E-state index is -2.37. The quantitative estimate of drug-likeness (QED) is 0.832. The summed E-state index contributed by atoms with van der Waals surface area (Å²) in [5.41, 5.74) is 1.44. The summed E-state index contributed by atoms with van der Waals surface area (Å²) < 4.78 is 35.7. The van der Waals surface area contributed by atoms with Crippen LogP contribution in [0.2, 0.25) is 5.15 Å². The first-order chi connectivity index (χ1) is 11.0. The zero-order chi connectivity index (χ0) is 16.6. The maximum atomic E-state index is 12.8. The smallest absolute Gasteiger partial charge is 0.319 e. The van der Waals surface area contributed by atoms with E-state index in [1.807, 2.05) is 0 Å². The molecule has 0 spiro atoms. The molecule has 6 nitrogen and oxygen atoms in total. The van der Waals surface area contributed by atoms with Crippen molar-refractivity contribution in [3.8, 4) is 23.1 Å². The zero-order valence-corrected chi connectivity index (χ0v) is 13.1. The Morgan fingerprint density at radius 2 is 2.04 bits per heavy atom. The minimum Gasteiger partial charge on any atom is -0.480 e. The lowest BCUT2D eigenvalue weighted by molar-refractivity contribution is 0.120. The van der Waals surface area contributed by atoms with Crippen LogP contribution in [-0.2, 0) is 0 Å². The predicted octanol–water partition coefficient (Wildman–Crippen LogP) is 2.97. The van der Waals surface area contributed by atoms with Crippen LogP contribution in [0.4, 0.5) is 8.78 Å². The molecule has 1 aliphatic carbocycles. The molecule has 0 amide bonds. The van der Waals surface area contributed by atoms with Crippen LogP contribution in [0.1, 0.15) is 17.9 Å². The third-order valence-electron chi connectivity index (χ3n) is 3.72. The largest absolute Gasteiger partial charge is 0.480 e. The molecule has 0 saturated heterocycles. The highest BCUT2D eigenvalue weighted by molar-refractivity contribution is 6.30. The van der Waals surface area contributed by atoms with E-state index in [-0.39, 0.29) is 23.0 Å². The molecule has 122 valence electrons. The topological polar surface area (TPSA) is 70.0 Å². The second kappa shape index (κ2) is 6.19. The van der Waals surface area contributed by atoms with E-state index in [0.717, 1.165) is 0 Å². The Morgan fingerprint density at radius 1 is 1.26 bits per heavy atom. The fourth-order valence-corrected chi connectivity index (χ4v) is 2.65. The number of hydrogen-bond acceptors (Lipinski definition) is 6. The van der Waals surface area contributed by atoms with Crippen LogP contribution in [0.5, 0.6) is 11.9 Å². The van der Waals surface area contributed by atoms with Crippen molar-refractivity contribution in [1.82, 2.24) is 20.2 Å². The predicted molar refractivity (Wildman–Crippen MR) is 78.0 cm³/mol. The number of rotatable bonds is 5. The molecular weight excluding hydrogens is 330 g/mol. The SMILES string of the molecule is COc1ncc(-c2cc([C@@H]3C[C@H]3C(F)F)c(Cl)nn2)c(OC)n1. The molecule has 0 aliphatic heterocycles. The van der Waals surface area contributed by atoms with Gasteiger partial charge in [-0.3, -0.25) is 0 Å². The summed E-state index contributed by atoms with van der Waals surface area (Å²) in [5.74, 6) is -0.735. The van der Waals surface area contributed by atoms with Gasteiger partial charge in [0.1, 0.15) is 5.69 Å². The summed E-state index contributed by atoms with van der Waals surface area (Å²) in [4.78, 5) is 8.07. The lowest BCUT2D eigenvalue weighted by atomic mass is 10.1. The van der Waals surface area contributed by atoms with Crippen molar-refractivity contribution in [2.24, 2.45) is 5.92 Å². The fourth-order valence-electron chi connectivity index (χ4n) is 2.41. The number of aromatic nitrogens is 4. The first-order valence-corrected chi connectivity index (χ1v) is 7.19. The van der Waals surface area contributed by atoms with Crippen molar-refractivity contribution in [1.29, 1.82) is 0 Å². The average molecular weight is 343 g/mol. The second-order valence-corrected chi connectivity index (χ2v) is 5.45. The highest BCUT2D eigenvalue weighted by atomic mass is 35.5. The van der Waals surface area contributed by atoms with E-state index in [0.29, 0.717) is 23.2 Å². The lowest BCUT2D eigenvalue weighted by Crippen LogP contribution is -2.01. The lowest BCUT2D eigenvalue weighted by Gasteiger charge is -2.09. The van der Waals surface area contributed by atoms with Gasteiger partial charge >= 0.3 is 6.01 Å². The zero-order valence-electron chi connectivity index (χ0n) is 12.3. The van der Waals surface area contributed by atoms with Crippen molar-refractivity contribution in [3.05, 3.63) is 23.0 Å². The van der Waals surface area contributed by atoms with Gasteiger partial charge in [0, 0.05) is 12.1 Å². The fraction of sp³-hybridized carbons (Fsp3) is 0.429. The monoisotopic (exact) mass is 342 g/mol. The summed E-state index contributed by atoms with van der Waals surface area (Å²) in [5, 5.41) is 7.97. The van der Waals surface area contributed by atoms with Gasteiger partial charge in [-0.05, 0) is 24.0 Å². The summed E-state index contributed by atoms with van der Waals surface area (Å²) in [6, 6.07) is 1.78. The number of halogens is 3. The van der Waals surface area contributed by atoms with Gasteiger partial charge in [-0.25, -0.2) is 13.8 Å². The molecule has 1 saturated carbocycles. The van der Waals surface area contributed by atoms with Gasteiger partial charge < -0.3 is 9.47 Å². The third-order valence-corrected chi connectivity index (χ3v) is 4.02. The van der Waals surface area contributed by atoms with Gasteiger partial charge in [0.2, 0.25) is 12.3 Å². The first-order valence-electron chi connectivity index (χ1n) is 6.81. The summed E-state index contributed by atoms with van der Waals surface area (Å²) >= 11 is 6.01. The molecule has 0 aromatic carbocycles. The van der Waals surface area contributed by atoms with Gasteiger partial charge in [-0.1, -0.05) is 11.6 Å². The Morgan fingerprint density at radius 3 is 2.65 bits per heavy atom. The number of methoxy groups -OCH3 is 2. The van der Waals surface area contributed by atoms with Gasteiger partial charge in [0.05, 0.1) is 19.8 Å². The summed E-state index contributed by atoms with van der Waals surface area (Å²) in [6.45, 7) is 0. The van der Waals surface area contributed by atoms with Crippen LogP contribution in [0, 0.1) is 5.92 Å². The maximum Gasteiger partial charge on any atom is 0.319 e. The van der Waals surface area contributed by atoms with Crippen molar-refractivity contribution in [2.45, 2.75) is 18.8 Å². The number of hydrogen-bond donors (Lipinski definition) is 0. The molecule has 2 heterocycles. The molecule has 2 aromatic rings. The Bertz CT molecular complexity index is 732. The molecule has 9 heteroatoms. The molecule has 3 rings (SSSR count). The molecule has 1 aliphatic rings.